The van der Waals surface area contributed by atoms with Gasteiger partial charge >= 0.3 is 0 Å². The van der Waals surface area contributed by atoms with Crippen LogP contribution in [0.15, 0.2) is 48.5 Å². The molecule has 0 aliphatic carbocycles. The van der Waals surface area contributed by atoms with E-state index in [1.165, 1.54) is 12.0 Å². The van der Waals surface area contributed by atoms with E-state index in [1.54, 1.807) is 24.3 Å². The summed E-state index contributed by atoms with van der Waals surface area (Å²) in [5.74, 6) is -0.136. The highest BCUT2D eigenvalue weighted by molar-refractivity contribution is 7.92. The van der Waals surface area contributed by atoms with Gasteiger partial charge in [0.05, 0.1) is 19.1 Å². The Morgan fingerprint density at radius 2 is 1.65 bits per heavy atom. The van der Waals surface area contributed by atoms with Gasteiger partial charge in [-0.1, -0.05) is 43.7 Å². The topological polar surface area (TPSA) is 96.0 Å². The lowest BCUT2D eigenvalue weighted by Gasteiger charge is -2.33. The second-order valence-corrected chi connectivity index (χ2v) is 10.1. The van der Waals surface area contributed by atoms with Gasteiger partial charge in [0.25, 0.3) is 0 Å². The van der Waals surface area contributed by atoms with Crippen LogP contribution in [-0.4, -0.2) is 57.6 Å². The molecule has 0 heterocycles. The van der Waals surface area contributed by atoms with Gasteiger partial charge < -0.3 is 15.0 Å². The van der Waals surface area contributed by atoms with Crippen molar-refractivity contribution in [1.82, 2.24) is 10.2 Å². The predicted octanol–water partition coefficient (Wildman–Crippen LogP) is 3.10. The van der Waals surface area contributed by atoms with Crippen LogP contribution >= 0.6 is 0 Å². The normalized spacial score (nSPS) is 12.0. The molecule has 0 bridgehead atoms. The van der Waals surface area contributed by atoms with Crippen LogP contribution < -0.4 is 14.4 Å². The van der Waals surface area contributed by atoms with Crippen molar-refractivity contribution in [3.05, 3.63) is 59.7 Å². The third kappa shape index (κ3) is 7.48. The number of nitrogens with one attached hydrogen (secondary N) is 1. The van der Waals surface area contributed by atoms with Crippen LogP contribution in [0.25, 0.3) is 0 Å². The molecule has 0 saturated heterocycles. The molecule has 8 nitrogen and oxygen atoms in total. The zero-order valence-corrected chi connectivity index (χ0v) is 21.4. The van der Waals surface area contributed by atoms with Crippen molar-refractivity contribution in [3.63, 3.8) is 0 Å². The number of rotatable bonds is 12. The molecule has 0 aromatic heterocycles. The SMILES string of the molecule is CCCNC(=O)C(CC)N(Cc1ccc(C)cc1)C(=O)CN(c1ccc(OC)cc1)S(C)(=O)=O. The Bertz CT molecular complexity index is 1050. The van der Waals surface area contributed by atoms with Crippen molar-refractivity contribution in [2.24, 2.45) is 0 Å². The molecule has 0 spiro atoms. The van der Waals surface area contributed by atoms with Gasteiger partial charge in [0, 0.05) is 13.1 Å². The minimum absolute atomic E-state index is 0.192. The first kappa shape index (κ1) is 27.2. The average Bonchev–Trinajstić information content (AvgIpc) is 2.81. The van der Waals surface area contributed by atoms with E-state index in [9.17, 15) is 18.0 Å². The number of carbonyl (C=O) groups excluding carboxylic acids is 2. The van der Waals surface area contributed by atoms with Crippen molar-refractivity contribution >= 4 is 27.5 Å². The Kier molecular flexibility index (Phi) is 9.92. The zero-order chi connectivity index (χ0) is 25.3. The van der Waals surface area contributed by atoms with Gasteiger partial charge in [-0.15, -0.1) is 0 Å². The van der Waals surface area contributed by atoms with E-state index in [0.717, 1.165) is 28.1 Å². The third-order valence-electron chi connectivity index (χ3n) is 5.45. The third-order valence-corrected chi connectivity index (χ3v) is 6.59. The molecule has 1 atom stereocenters. The van der Waals surface area contributed by atoms with Crippen molar-refractivity contribution < 1.29 is 22.7 Å². The van der Waals surface area contributed by atoms with Crippen molar-refractivity contribution in [3.8, 4) is 5.75 Å². The van der Waals surface area contributed by atoms with Gasteiger partial charge in [-0.05, 0) is 49.6 Å². The maximum atomic E-state index is 13.6. The fourth-order valence-electron chi connectivity index (χ4n) is 3.54. The molecular formula is C25H35N3O5S. The van der Waals surface area contributed by atoms with Gasteiger partial charge in [-0.25, -0.2) is 8.42 Å². The van der Waals surface area contributed by atoms with E-state index in [0.29, 0.717) is 24.4 Å². The number of hydrogen-bond donors (Lipinski definition) is 1. The second kappa shape index (κ2) is 12.4. The van der Waals surface area contributed by atoms with Crippen LogP contribution in [0.4, 0.5) is 5.69 Å². The van der Waals surface area contributed by atoms with Crippen molar-refractivity contribution in [1.29, 1.82) is 0 Å². The first-order valence-corrected chi connectivity index (χ1v) is 13.2. The molecular weight excluding hydrogens is 454 g/mol. The highest BCUT2D eigenvalue weighted by Gasteiger charge is 2.31. The molecule has 186 valence electrons. The summed E-state index contributed by atoms with van der Waals surface area (Å²) in [4.78, 5) is 27.9. The van der Waals surface area contributed by atoms with E-state index in [4.69, 9.17) is 4.74 Å². The number of nitrogens with zero attached hydrogens (tertiary/aromatic N) is 2. The molecule has 2 aromatic rings. The number of aryl methyl sites for hydroxylation is 1. The molecule has 1 N–H and O–H groups in total. The molecule has 2 aromatic carbocycles. The monoisotopic (exact) mass is 489 g/mol. The van der Waals surface area contributed by atoms with Crippen LogP contribution in [0.3, 0.4) is 0 Å². The van der Waals surface area contributed by atoms with Crippen molar-refractivity contribution in [2.75, 3.05) is 30.8 Å². The van der Waals surface area contributed by atoms with Crippen LogP contribution in [0.1, 0.15) is 37.8 Å². The summed E-state index contributed by atoms with van der Waals surface area (Å²) in [6.07, 6.45) is 2.22. The van der Waals surface area contributed by atoms with Crippen LogP contribution in [-0.2, 0) is 26.2 Å². The molecule has 2 rings (SSSR count). The minimum atomic E-state index is -3.77. The number of benzene rings is 2. The summed E-state index contributed by atoms with van der Waals surface area (Å²) in [6.45, 7) is 6.03. The lowest BCUT2D eigenvalue weighted by Crippen LogP contribution is -2.52. The van der Waals surface area contributed by atoms with Crippen LogP contribution in [0.2, 0.25) is 0 Å². The first-order valence-electron chi connectivity index (χ1n) is 11.3. The summed E-state index contributed by atoms with van der Waals surface area (Å²) < 4.78 is 31.4. The van der Waals surface area contributed by atoms with E-state index in [2.05, 4.69) is 5.32 Å². The van der Waals surface area contributed by atoms with Crippen molar-refractivity contribution in [2.45, 2.75) is 46.2 Å². The lowest BCUT2D eigenvalue weighted by atomic mass is 10.1. The molecule has 0 fully saturated rings. The van der Waals surface area contributed by atoms with E-state index in [-0.39, 0.29) is 12.5 Å². The predicted molar refractivity (Wildman–Crippen MR) is 134 cm³/mol. The maximum Gasteiger partial charge on any atom is 0.244 e. The highest BCUT2D eigenvalue weighted by Crippen LogP contribution is 2.22. The zero-order valence-electron chi connectivity index (χ0n) is 20.6. The highest BCUT2D eigenvalue weighted by atomic mass is 32.2. The average molecular weight is 490 g/mol. The molecule has 0 radical (unpaired) electrons. The number of sulfonamides is 1. The summed E-state index contributed by atoms with van der Waals surface area (Å²) in [6, 6.07) is 13.4. The Hall–Kier alpha value is -3.07. The number of anilines is 1. The number of ether oxygens (including phenoxy) is 1. The molecule has 9 heteroatoms. The Balaban J connectivity index is 2.40. The van der Waals surface area contributed by atoms with Gasteiger partial charge in [0.2, 0.25) is 21.8 Å². The second-order valence-electron chi connectivity index (χ2n) is 8.19. The van der Waals surface area contributed by atoms with E-state index < -0.39 is 28.5 Å². The van der Waals surface area contributed by atoms with E-state index >= 15 is 0 Å². The number of amides is 2. The van der Waals surface area contributed by atoms with Gasteiger partial charge in [-0.2, -0.15) is 0 Å². The van der Waals surface area contributed by atoms with E-state index in [1.807, 2.05) is 45.0 Å². The quantitative estimate of drug-likeness (QED) is 0.494. The van der Waals surface area contributed by atoms with Crippen LogP contribution in [0.5, 0.6) is 5.75 Å². The fraction of sp³-hybridized carbons (Fsp3) is 0.440. The largest absolute Gasteiger partial charge is 0.497 e. The summed E-state index contributed by atoms with van der Waals surface area (Å²) in [5, 5.41) is 2.86. The van der Waals surface area contributed by atoms with Gasteiger partial charge in [0.1, 0.15) is 18.3 Å². The Morgan fingerprint density at radius 1 is 1.03 bits per heavy atom. The van der Waals surface area contributed by atoms with Crippen LogP contribution in [0, 0.1) is 6.92 Å². The summed E-state index contributed by atoms with van der Waals surface area (Å²) in [7, 11) is -2.25. The minimum Gasteiger partial charge on any atom is -0.497 e. The number of hydrogen-bond acceptors (Lipinski definition) is 5. The number of carbonyl (C=O) groups is 2. The molecule has 34 heavy (non-hydrogen) atoms. The Labute approximate surface area is 202 Å². The Morgan fingerprint density at radius 3 is 2.15 bits per heavy atom. The number of methoxy groups -OCH3 is 1. The molecule has 1 unspecified atom stereocenters. The fourth-order valence-corrected chi connectivity index (χ4v) is 4.39. The first-order chi connectivity index (χ1) is 16.1. The lowest BCUT2D eigenvalue weighted by molar-refractivity contribution is -0.140. The molecule has 0 aliphatic heterocycles. The standard InChI is InChI=1S/C25H35N3O5S/c1-6-16-26-25(30)23(7-2)27(17-20-10-8-19(3)9-11-20)24(29)18-28(34(5,31)32)21-12-14-22(33-4)15-13-21/h8-15,23H,6-7,16-18H2,1-5H3,(H,26,30). The van der Waals surface area contributed by atoms with Gasteiger partial charge in [-0.3, -0.25) is 13.9 Å². The molecule has 2 amide bonds. The summed E-state index contributed by atoms with van der Waals surface area (Å²) >= 11 is 0. The maximum absolute atomic E-state index is 13.6. The molecule has 0 saturated carbocycles. The molecule has 0 aliphatic rings. The summed E-state index contributed by atoms with van der Waals surface area (Å²) in [5.41, 5.74) is 2.28. The van der Waals surface area contributed by atoms with Gasteiger partial charge in [0.15, 0.2) is 0 Å². The smallest absolute Gasteiger partial charge is 0.244 e.